The van der Waals surface area contributed by atoms with E-state index in [1.807, 2.05) is 25.5 Å². The van der Waals surface area contributed by atoms with Gasteiger partial charge in [0.1, 0.15) is 0 Å². The molecule has 1 heterocycles. The molecule has 0 bridgehead atoms. The molecule has 0 aliphatic carbocycles. The third-order valence-corrected chi connectivity index (χ3v) is 2.82. The Kier molecular flexibility index (Phi) is 4.74. The highest BCUT2D eigenvalue weighted by atomic mass is 35.5. The smallest absolute Gasteiger partial charge is 0.161 e. The van der Waals surface area contributed by atoms with Gasteiger partial charge in [-0.15, -0.1) is 0 Å². The maximum Gasteiger partial charge on any atom is 0.161 e. The lowest BCUT2D eigenvalue weighted by atomic mass is 10.2. The van der Waals surface area contributed by atoms with Crippen LogP contribution in [0.3, 0.4) is 0 Å². The van der Waals surface area contributed by atoms with E-state index >= 15 is 0 Å². The highest BCUT2D eigenvalue weighted by molar-refractivity contribution is 6.32. The molecule has 0 atom stereocenters. The molecular weight excluding hydrogens is 224 g/mol. The van der Waals surface area contributed by atoms with Crippen LogP contribution in [0.25, 0.3) is 0 Å². The van der Waals surface area contributed by atoms with E-state index in [-0.39, 0.29) is 5.78 Å². The van der Waals surface area contributed by atoms with Crippen LogP contribution in [-0.4, -0.2) is 15.6 Å². The van der Waals surface area contributed by atoms with Crippen LogP contribution in [0.2, 0.25) is 5.02 Å². The quantitative estimate of drug-likeness (QED) is 0.742. The molecule has 0 fully saturated rings. The first-order chi connectivity index (χ1) is 7.63. The molecule has 3 nitrogen and oxygen atoms in total. The lowest BCUT2D eigenvalue weighted by Crippen LogP contribution is -2.07. The Balaban J connectivity index is 3.01. The number of carbonyl (C=O) groups is 1. The van der Waals surface area contributed by atoms with Crippen molar-refractivity contribution in [3.8, 4) is 0 Å². The second-order valence-corrected chi connectivity index (χ2v) is 3.90. The minimum absolute atomic E-state index is 0.0571. The van der Waals surface area contributed by atoms with E-state index in [0.29, 0.717) is 11.4 Å². The number of carbonyl (C=O) groups excluding carboxylic acids is 1. The monoisotopic (exact) mass is 240 g/mol. The van der Waals surface area contributed by atoms with Gasteiger partial charge in [0, 0.05) is 6.54 Å². The highest BCUT2D eigenvalue weighted by Gasteiger charge is 2.15. The van der Waals surface area contributed by atoms with Crippen LogP contribution in [0, 0.1) is 0 Å². The third-order valence-electron chi connectivity index (χ3n) is 2.39. The summed E-state index contributed by atoms with van der Waals surface area (Å²) in [5.74, 6) is 0.0571. The van der Waals surface area contributed by atoms with Gasteiger partial charge >= 0.3 is 0 Å². The van der Waals surface area contributed by atoms with Crippen LogP contribution in [0.1, 0.15) is 32.2 Å². The van der Waals surface area contributed by atoms with Gasteiger partial charge in [-0.2, -0.15) is 5.10 Å². The first-order valence-electron chi connectivity index (χ1n) is 5.53. The van der Waals surface area contributed by atoms with Crippen LogP contribution in [0.4, 0.5) is 0 Å². The number of aryl methyl sites for hydroxylation is 2. The molecule has 1 aromatic heterocycles. The Morgan fingerprint density at radius 2 is 2.19 bits per heavy atom. The average molecular weight is 241 g/mol. The number of hydrogen-bond donors (Lipinski definition) is 0. The SMILES string of the molecule is C/C=C/C(=O)Cc1c(Cl)c(CC)nn1CC. The molecule has 0 N–H and O–H groups in total. The van der Waals surface area contributed by atoms with Gasteiger partial charge in [0.2, 0.25) is 0 Å². The van der Waals surface area contributed by atoms with Crippen molar-refractivity contribution in [1.29, 1.82) is 0 Å². The number of allylic oxidation sites excluding steroid dienone is 2. The molecule has 1 aromatic rings. The normalized spacial score (nSPS) is 11.2. The maximum absolute atomic E-state index is 11.5. The second-order valence-electron chi connectivity index (χ2n) is 3.52. The van der Waals surface area contributed by atoms with E-state index in [1.54, 1.807) is 12.2 Å². The summed E-state index contributed by atoms with van der Waals surface area (Å²) < 4.78 is 1.81. The number of aromatic nitrogens is 2. The molecule has 0 spiro atoms. The van der Waals surface area contributed by atoms with Gasteiger partial charge in [-0.1, -0.05) is 24.6 Å². The highest BCUT2D eigenvalue weighted by Crippen LogP contribution is 2.22. The summed E-state index contributed by atoms with van der Waals surface area (Å²) in [6, 6.07) is 0. The van der Waals surface area contributed by atoms with Crippen LogP contribution in [0.15, 0.2) is 12.2 Å². The van der Waals surface area contributed by atoms with Gasteiger partial charge < -0.3 is 0 Å². The number of hydrogen-bond acceptors (Lipinski definition) is 2. The van der Waals surface area contributed by atoms with E-state index in [9.17, 15) is 4.79 Å². The summed E-state index contributed by atoms with van der Waals surface area (Å²) >= 11 is 6.19. The molecule has 0 unspecified atom stereocenters. The van der Waals surface area contributed by atoms with E-state index in [4.69, 9.17) is 11.6 Å². The Labute approximate surface area is 101 Å². The molecular formula is C12H17ClN2O. The van der Waals surface area contributed by atoms with Gasteiger partial charge in [0.05, 0.1) is 22.8 Å². The first-order valence-corrected chi connectivity index (χ1v) is 5.91. The number of rotatable bonds is 5. The van der Waals surface area contributed by atoms with Crippen molar-refractivity contribution in [3.63, 3.8) is 0 Å². The largest absolute Gasteiger partial charge is 0.294 e. The van der Waals surface area contributed by atoms with Crippen molar-refractivity contribution >= 4 is 17.4 Å². The van der Waals surface area contributed by atoms with Crippen molar-refractivity contribution in [3.05, 3.63) is 28.6 Å². The minimum Gasteiger partial charge on any atom is -0.294 e. The third kappa shape index (κ3) is 2.73. The lowest BCUT2D eigenvalue weighted by molar-refractivity contribution is -0.114. The zero-order chi connectivity index (χ0) is 12.1. The molecule has 0 aliphatic rings. The van der Waals surface area contributed by atoms with Crippen LogP contribution in [-0.2, 0) is 24.2 Å². The lowest BCUT2D eigenvalue weighted by Gasteiger charge is -2.02. The Morgan fingerprint density at radius 3 is 2.69 bits per heavy atom. The molecule has 16 heavy (non-hydrogen) atoms. The molecule has 88 valence electrons. The van der Waals surface area contributed by atoms with E-state index in [0.717, 1.165) is 24.4 Å². The van der Waals surface area contributed by atoms with Crippen LogP contribution >= 0.6 is 11.6 Å². The molecule has 0 saturated carbocycles. The topological polar surface area (TPSA) is 34.9 Å². The fraction of sp³-hybridized carbons (Fsp3) is 0.500. The zero-order valence-electron chi connectivity index (χ0n) is 9.96. The van der Waals surface area contributed by atoms with Crippen molar-refractivity contribution in [2.24, 2.45) is 0 Å². The van der Waals surface area contributed by atoms with E-state index in [1.165, 1.54) is 0 Å². The second kappa shape index (κ2) is 5.85. The summed E-state index contributed by atoms with van der Waals surface area (Å²) in [5, 5.41) is 5.01. The molecule has 0 aliphatic heterocycles. The van der Waals surface area contributed by atoms with Gasteiger partial charge in [-0.3, -0.25) is 9.48 Å². The van der Waals surface area contributed by atoms with Crippen molar-refractivity contribution in [2.75, 3.05) is 0 Å². The van der Waals surface area contributed by atoms with E-state index in [2.05, 4.69) is 5.10 Å². The molecule has 1 rings (SSSR count). The van der Waals surface area contributed by atoms with Gasteiger partial charge in [-0.05, 0) is 26.3 Å². The van der Waals surface area contributed by atoms with Crippen molar-refractivity contribution in [2.45, 2.75) is 40.2 Å². The Morgan fingerprint density at radius 1 is 1.50 bits per heavy atom. The molecule has 0 saturated heterocycles. The summed E-state index contributed by atoms with van der Waals surface area (Å²) in [7, 11) is 0. The van der Waals surface area contributed by atoms with Crippen LogP contribution < -0.4 is 0 Å². The summed E-state index contributed by atoms with van der Waals surface area (Å²) in [6.07, 6.45) is 4.42. The van der Waals surface area contributed by atoms with Crippen molar-refractivity contribution < 1.29 is 4.79 Å². The molecule has 0 aromatic carbocycles. The predicted octanol–water partition coefficient (Wildman–Crippen LogP) is 2.81. The Hall–Kier alpha value is -1.09. The number of nitrogens with zero attached hydrogens (tertiary/aromatic N) is 2. The zero-order valence-corrected chi connectivity index (χ0v) is 10.7. The summed E-state index contributed by atoms with van der Waals surface area (Å²) in [5.41, 5.74) is 1.69. The summed E-state index contributed by atoms with van der Waals surface area (Å²) in [6.45, 7) is 6.56. The molecule has 0 radical (unpaired) electrons. The van der Waals surface area contributed by atoms with Crippen molar-refractivity contribution in [1.82, 2.24) is 9.78 Å². The molecule has 4 heteroatoms. The fourth-order valence-electron chi connectivity index (χ4n) is 1.60. The fourth-order valence-corrected chi connectivity index (χ4v) is 1.93. The van der Waals surface area contributed by atoms with Gasteiger partial charge in [0.15, 0.2) is 5.78 Å². The number of ketones is 1. The van der Waals surface area contributed by atoms with Gasteiger partial charge in [0.25, 0.3) is 0 Å². The maximum atomic E-state index is 11.5. The van der Waals surface area contributed by atoms with Crippen LogP contribution in [0.5, 0.6) is 0 Å². The standard InChI is InChI=1S/C12H17ClN2O/c1-4-7-9(16)8-11-12(13)10(5-2)14-15(11)6-3/h4,7H,5-6,8H2,1-3H3/b7-4+. The Bertz CT molecular complexity index is 407. The number of halogens is 1. The van der Waals surface area contributed by atoms with Gasteiger partial charge in [-0.25, -0.2) is 0 Å². The molecule has 0 amide bonds. The first kappa shape index (κ1) is 13.0. The minimum atomic E-state index is 0.0571. The van der Waals surface area contributed by atoms with E-state index < -0.39 is 0 Å². The predicted molar refractivity (Wildman–Crippen MR) is 65.8 cm³/mol. The summed E-state index contributed by atoms with van der Waals surface area (Å²) in [4.78, 5) is 11.5. The average Bonchev–Trinajstić information content (AvgIpc) is 2.56.